The molecule has 0 aromatic carbocycles. The van der Waals surface area contributed by atoms with Crippen molar-refractivity contribution in [3.05, 3.63) is 15.6 Å². The molecule has 23 heavy (non-hydrogen) atoms. The summed E-state index contributed by atoms with van der Waals surface area (Å²) in [7, 11) is 1.39. The van der Waals surface area contributed by atoms with Crippen LogP contribution in [0, 0.1) is 19.8 Å². The van der Waals surface area contributed by atoms with Crippen molar-refractivity contribution in [2.75, 3.05) is 26.7 Å². The average Bonchev–Trinajstić information content (AvgIpc) is 2.82. The van der Waals surface area contributed by atoms with E-state index in [1.165, 1.54) is 12.0 Å². The lowest BCUT2D eigenvalue weighted by Crippen LogP contribution is -2.38. The summed E-state index contributed by atoms with van der Waals surface area (Å²) in [5.74, 6) is 0.223. The number of aliphatic imine (C=N–C) groups is 1. The van der Waals surface area contributed by atoms with E-state index < -0.39 is 0 Å². The van der Waals surface area contributed by atoms with E-state index in [1.807, 2.05) is 13.8 Å². The number of aryl methyl sites for hydroxylation is 2. The van der Waals surface area contributed by atoms with Crippen LogP contribution in [0.15, 0.2) is 4.99 Å². The second-order valence-corrected chi connectivity index (χ2v) is 6.36. The number of thiazole rings is 1. The molecule has 1 heterocycles. The fourth-order valence-corrected chi connectivity index (χ4v) is 2.71. The summed E-state index contributed by atoms with van der Waals surface area (Å²) in [6, 6.07) is 0. The van der Waals surface area contributed by atoms with Gasteiger partial charge in [-0.1, -0.05) is 6.92 Å². The van der Waals surface area contributed by atoms with Crippen molar-refractivity contribution < 1.29 is 9.53 Å². The van der Waals surface area contributed by atoms with Gasteiger partial charge in [-0.2, -0.15) is 0 Å². The lowest BCUT2D eigenvalue weighted by atomic mass is 10.2. The van der Waals surface area contributed by atoms with Crippen LogP contribution in [-0.4, -0.2) is 43.7 Å². The predicted molar refractivity (Wildman–Crippen MR) is 106 cm³/mol. The van der Waals surface area contributed by atoms with Gasteiger partial charge in [-0.3, -0.25) is 9.79 Å². The Hall–Kier alpha value is -0.900. The summed E-state index contributed by atoms with van der Waals surface area (Å²) in [5, 5.41) is 7.56. The topological polar surface area (TPSA) is 75.6 Å². The zero-order valence-electron chi connectivity index (χ0n) is 14.4. The van der Waals surface area contributed by atoms with E-state index in [0.717, 1.165) is 30.2 Å². The van der Waals surface area contributed by atoms with E-state index in [2.05, 4.69) is 27.5 Å². The number of methoxy groups -OCH3 is 1. The van der Waals surface area contributed by atoms with Crippen LogP contribution in [0.5, 0.6) is 0 Å². The molecule has 0 aliphatic carbocycles. The third-order valence-corrected chi connectivity index (χ3v) is 4.31. The molecule has 0 radical (unpaired) electrons. The van der Waals surface area contributed by atoms with Crippen LogP contribution in [0.3, 0.4) is 0 Å². The highest BCUT2D eigenvalue weighted by Gasteiger charge is 2.12. The molecule has 6 nitrogen and oxygen atoms in total. The molecular formula is C15H27IN4O2S. The van der Waals surface area contributed by atoms with Gasteiger partial charge in [0.1, 0.15) is 0 Å². The standard InChI is InChI=1S/C15H26N4O2S.HI/c1-6-16-15(18-9-10(2)14(20)21-5)17-8-7-13-19-11(3)12(4)22-13;/h10H,6-9H2,1-5H3,(H2,16,17,18);1H. The Bertz CT molecular complexity index is 500. The van der Waals surface area contributed by atoms with E-state index in [4.69, 9.17) is 4.74 Å². The molecule has 1 rings (SSSR count). The Morgan fingerprint density at radius 3 is 2.61 bits per heavy atom. The third-order valence-electron chi connectivity index (χ3n) is 3.18. The Balaban J connectivity index is 0.00000484. The number of carbonyl (C=O) groups is 1. The zero-order valence-corrected chi connectivity index (χ0v) is 17.6. The Morgan fingerprint density at radius 1 is 1.39 bits per heavy atom. The smallest absolute Gasteiger partial charge is 0.310 e. The number of halogens is 1. The summed E-state index contributed by atoms with van der Waals surface area (Å²) < 4.78 is 4.70. The second-order valence-electron chi connectivity index (χ2n) is 5.07. The molecule has 1 atom stereocenters. The molecule has 8 heteroatoms. The van der Waals surface area contributed by atoms with E-state index in [0.29, 0.717) is 12.5 Å². The maximum absolute atomic E-state index is 11.4. The van der Waals surface area contributed by atoms with E-state index in [9.17, 15) is 4.79 Å². The molecule has 0 fully saturated rings. The highest BCUT2D eigenvalue weighted by atomic mass is 127. The van der Waals surface area contributed by atoms with Crippen LogP contribution in [-0.2, 0) is 16.0 Å². The number of hydrogen-bond donors (Lipinski definition) is 2. The van der Waals surface area contributed by atoms with Gasteiger partial charge in [0.15, 0.2) is 5.96 Å². The molecule has 0 spiro atoms. The highest BCUT2D eigenvalue weighted by Crippen LogP contribution is 2.16. The van der Waals surface area contributed by atoms with Gasteiger partial charge in [-0.25, -0.2) is 4.98 Å². The molecule has 0 saturated carbocycles. The first-order valence-corrected chi connectivity index (χ1v) is 8.32. The summed E-state index contributed by atoms with van der Waals surface area (Å²) in [6.07, 6.45) is 0.857. The Labute approximate surface area is 159 Å². The minimum Gasteiger partial charge on any atom is -0.469 e. The number of aromatic nitrogens is 1. The molecule has 0 aliphatic heterocycles. The number of esters is 1. The van der Waals surface area contributed by atoms with Gasteiger partial charge in [-0.05, 0) is 20.8 Å². The van der Waals surface area contributed by atoms with Crippen molar-refractivity contribution in [1.82, 2.24) is 15.6 Å². The number of hydrogen-bond acceptors (Lipinski definition) is 5. The average molecular weight is 454 g/mol. The van der Waals surface area contributed by atoms with Crippen LogP contribution in [0.1, 0.15) is 29.4 Å². The molecule has 1 aromatic heterocycles. The van der Waals surface area contributed by atoms with Crippen LogP contribution in [0.25, 0.3) is 0 Å². The van der Waals surface area contributed by atoms with Crippen LogP contribution in [0.2, 0.25) is 0 Å². The van der Waals surface area contributed by atoms with Crippen LogP contribution < -0.4 is 10.6 Å². The largest absolute Gasteiger partial charge is 0.469 e. The number of ether oxygens (including phenoxy) is 1. The first-order chi connectivity index (χ1) is 10.5. The van der Waals surface area contributed by atoms with E-state index in [1.54, 1.807) is 18.3 Å². The summed E-state index contributed by atoms with van der Waals surface area (Å²) >= 11 is 1.73. The SMILES string of the molecule is CCNC(=NCC(C)C(=O)OC)NCCc1nc(C)c(C)s1.I. The lowest BCUT2D eigenvalue weighted by molar-refractivity contribution is -0.144. The monoisotopic (exact) mass is 454 g/mol. The van der Waals surface area contributed by atoms with Crippen molar-refractivity contribution in [2.45, 2.75) is 34.1 Å². The number of nitrogens with one attached hydrogen (secondary N) is 2. The minimum absolute atomic E-state index is 0. The molecule has 1 unspecified atom stereocenters. The zero-order chi connectivity index (χ0) is 16.5. The molecular weight excluding hydrogens is 427 g/mol. The molecule has 1 aromatic rings. The third kappa shape index (κ3) is 7.96. The number of nitrogens with zero attached hydrogens (tertiary/aromatic N) is 2. The van der Waals surface area contributed by atoms with Crippen LogP contribution in [0.4, 0.5) is 0 Å². The maximum atomic E-state index is 11.4. The molecule has 0 aliphatic rings. The van der Waals surface area contributed by atoms with Gasteiger partial charge >= 0.3 is 5.97 Å². The molecule has 0 amide bonds. The fourth-order valence-electron chi connectivity index (χ4n) is 1.78. The van der Waals surface area contributed by atoms with Crippen LogP contribution >= 0.6 is 35.3 Å². The quantitative estimate of drug-likeness (QED) is 0.286. The summed E-state index contributed by atoms with van der Waals surface area (Å²) in [6.45, 7) is 9.86. The lowest BCUT2D eigenvalue weighted by Gasteiger charge is -2.12. The maximum Gasteiger partial charge on any atom is 0.310 e. The highest BCUT2D eigenvalue weighted by molar-refractivity contribution is 14.0. The first-order valence-electron chi connectivity index (χ1n) is 7.50. The normalized spacial score (nSPS) is 12.3. The fraction of sp³-hybridized carbons (Fsp3) is 0.667. The Kier molecular flexibility index (Phi) is 11.2. The number of rotatable bonds is 7. The molecule has 2 N–H and O–H groups in total. The minimum atomic E-state index is -0.246. The summed E-state index contributed by atoms with van der Waals surface area (Å²) in [4.78, 5) is 21.6. The first kappa shape index (κ1) is 22.1. The van der Waals surface area contributed by atoms with Crippen molar-refractivity contribution in [3.63, 3.8) is 0 Å². The van der Waals surface area contributed by atoms with Gasteiger partial charge < -0.3 is 15.4 Å². The molecule has 0 bridgehead atoms. The van der Waals surface area contributed by atoms with Crippen molar-refractivity contribution in [2.24, 2.45) is 10.9 Å². The van der Waals surface area contributed by atoms with Crippen molar-refractivity contribution in [3.8, 4) is 0 Å². The van der Waals surface area contributed by atoms with Gasteiger partial charge in [-0.15, -0.1) is 35.3 Å². The summed E-state index contributed by atoms with van der Waals surface area (Å²) in [5.41, 5.74) is 1.10. The van der Waals surface area contributed by atoms with Crippen molar-refractivity contribution >= 4 is 47.2 Å². The number of guanidine groups is 1. The Morgan fingerprint density at radius 2 is 2.09 bits per heavy atom. The second kappa shape index (κ2) is 11.6. The van der Waals surface area contributed by atoms with Gasteiger partial charge in [0.25, 0.3) is 0 Å². The predicted octanol–water partition coefficient (Wildman–Crippen LogP) is 2.28. The van der Waals surface area contributed by atoms with Gasteiger partial charge in [0, 0.05) is 24.4 Å². The molecule has 132 valence electrons. The van der Waals surface area contributed by atoms with Gasteiger partial charge in [0.2, 0.25) is 0 Å². The van der Waals surface area contributed by atoms with Gasteiger partial charge in [0.05, 0.1) is 30.3 Å². The van der Waals surface area contributed by atoms with E-state index >= 15 is 0 Å². The number of carbonyl (C=O) groups excluding carboxylic acids is 1. The molecule has 0 saturated heterocycles. The van der Waals surface area contributed by atoms with Crippen molar-refractivity contribution in [1.29, 1.82) is 0 Å². The van der Waals surface area contributed by atoms with E-state index in [-0.39, 0.29) is 35.9 Å².